The van der Waals surface area contributed by atoms with E-state index in [2.05, 4.69) is 14.9 Å². The molecule has 1 aliphatic rings. The summed E-state index contributed by atoms with van der Waals surface area (Å²) in [4.78, 5) is 10.3. The first-order valence-electron chi connectivity index (χ1n) is 4.88. The maximum Gasteiger partial charge on any atom is 0.223 e. The number of thioether (sulfide) groups is 1. The van der Waals surface area contributed by atoms with Gasteiger partial charge in [0.05, 0.1) is 0 Å². The van der Waals surface area contributed by atoms with E-state index in [0.717, 1.165) is 24.7 Å². The van der Waals surface area contributed by atoms with Gasteiger partial charge < -0.3 is 10.6 Å². The van der Waals surface area contributed by atoms with Crippen molar-refractivity contribution in [3.05, 3.63) is 11.2 Å². The normalized spacial score (nSPS) is 17.5. The summed E-state index contributed by atoms with van der Waals surface area (Å²) in [5.41, 5.74) is 5.57. The molecule has 0 atom stereocenters. The Hall–Kier alpha value is -0.680. The van der Waals surface area contributed by atoms with E-state index in [-0.39, 0.29) is 5.95 Å². The molecule has 0 unspecified atom stereocenters. The van der Waals surface area contributed by atoms with Crippen LogP contribution in [0, 0.1) is 0 Å². The average molecular weight is 245 g/mol. The second-order valence-electron chi connectivity index (χ2n) is 3.36. The number of rotatable bonds is 1. The summed E-state index contributed by atoms with van der Waals surface area (Å²) in [7, 11) is 0. The molecule has 1 aliphatic heterocycles. The molecule has 1 saturated heterocycles. The third-order valence-corrected chi connectivity index (χ3v) is 3.49. The monoisotopic (exact) mass is 244 g/mol. The Bertz CT molecular complexity index is 319. The van der Waals surface area contributed by atoms with Crippen molar-refractivity contribution in [2.24, 2.45) is 0 Å². The SMILES string of the molecule is Nc1nc(Cl)cc(N2CCCSCC2)n1. The molecule has 0 radical (unpaired) electrons. The van der Waals surface area contributed by atoms with Crippen LogP contribution in [0.1, 0.15) is 6.42 Å². The van der Waals surface area contributed by atoms with Crippen LogP contribution in [0.5, 0.6) is 0 Å². The molecule has 0 amide bonds. The first kappa shape index (κ1) is 10.8. The molecule has 0 spiro atoms. The van der Waals surface area contributed by atoms with E-state index in [1.807, 2.05) is 11.8 Å². The fraction of sp³-hybridized carbons (Fsp3) is 0.556. The van der Waals surface area contributed by atoms with Crippen LogP contribution in [0.2, 0.25) is 5.15 Å². The summed E-state index contributed by atoms with van der Waals surface area (Å²) in [6.45, 7) is 2.01. The minimum Gasteiger partial charge on any atom is -0.368 e. The standard InChI is InChI=1S/C9H13ClN4S/c10-7-6-8(13-9(11)12-7)14-2-1-4-15-5-3-14/h6H,1-5H2,(H2,11,12,13). The molecular weight excluding hydrogens is 232 g/mol. The van der Waals surface area contributed by atoms with Crippen molar-refractivity contribution in [3.63, 3.8) is 0 Å². The van der Waals surface area contributed by atoms with Gasteiger partial charge in [-0.3, -0.25) is 0 Å². The lowest BCUT2D eigenvalue weighted by Gasteiger charge is -2.20. The molecule has 82 valence electrons. The van der Waals surface area contributed by atoms with Crippen LogP contribution in [0.15, 0.2) is 6.07 Å². The van der Waals surface area contributed by atoms with Crippen LogP contribution in [-0.4, -0.2) is 34.6 Å². The lowest BCUT2D eigenvalue weighted by Crippen LogP contribution is -2.26. The number of halogens is 1. The van der Waals surface area contributed by atoms with Crippen molar-refractivity contribution in [2.45, 2.75) is 6.42 Å². The van der Waals surface area contributed by atoms with Crippen LogP contribution in [0.4, 0.5) is 11.8 Å². The van der Waals surface area contributed by atoms with E-state index in [4.69, 9.17) is 17.3 Å². The maximum atomic E-state index is 5.85. The Balaban J connectivity index is 2.19. The minimum atomic E-state index is 0.245. The molecule has 0 aromatic carbocycles. The fourth-order valence-electron chi connectivity index (χ4n) is 1.56. The van der Waals surface area contributed by atoms with Crippen molar-refractivity contribution >= 4 is 35.1 Å². The Labute approximate surface area is 98.2 Å². The van der Waals surface area contributed by atoms with Gasteiger partial charge in [0.1, 0.15) is 11.0 Å². The smallest absolute Gasteiger partial charge is 0.223 e. The second kappa shape index (κ2) is 4.90. The maximum absolute atomic E-state index is 5.85. The van der Waals surface area contributed by atoms with Crippen LogP contribution in [-0.2, 0) is 0 Å². The number of anilines is 2. The molecular formula is C9H13ClN4S. The zero-order chi connectivity index (χ0) is 10.7. The molecule has 4 nitrogen and oxygen atoms in total. The number of nitrogen functional groups attached to an aromatic ring is 1. The minimum absolute atomic E-state index is 0.245. The summed E-state index contributed by atoms with van der Waals surface area (Å²) in [5.74, 6) is 3.43. The largest absolute Gasteiger partial charge is 0.368 e. The summed E-state index contributed by atoms with van der Waals surface area (Å²) < 4.78 is 0. The molecule has 0 saturated carbocycles. The van der Waals surface area contributed by atoms with Gasteiger partial charge in [0.15, 0.2) is 0 Å². The van der Waals surface area contributed by atoms with Crippen LogP contribution in [0.25, 0.3) is 0 Å². The Morgan fingerprint density at radius 1 is 1.33 bits per heavy atom. The van der Waals surface area contributed by atoms with E-state index in [1.54, 1.807) is 6.07 Å². The number of nitrogens with two attached hydrogens (primary N) is 1. The fourth-order valence-corrected chi connectivity index (χ4v) is 2.63. The Morgan fingerprint density at radius 3 is 3.00 bits per heavy atom. The Morgan fingerprint density at radius 2 is 2.20 bits per heavy atom. The molecule has 0 aliphatic carbocycles. The molecule has 6 heteroatoms. The summed E-state index contributed by atoms with van der Waals surface area (Å²) in [6, 6.07) is 1.77. The summed E-state index contributed by atoms with van der Waals surface area (Å²) in [5, 5.41) is 0.411. The molecule has 1 fully saturated rings. The van der Waals surface area contributed by atoms with E-state index in [9.17, 15) is 0 Å². The van der Waals surface area contributed by atoms with Gasteiger partial charge in [0.2, 0.25) is 5.95 Å². The Kier molecular flexibility index (Phi) is 3.53. The van der Waals surface area contributed by atoms with Gasteiger partial charge in [-0.05, 0) is 12.2 Å². The highest BCUT2D eigenvalue weighted by Crippen LogP contribution is 2.20. The zero-order valence-corrected chi connectivity index (χ0v) is 9.89. The van der Waals surface area contributed by atoms with Crippen molar-refractivity contribution in [3.8, 4) is 0 Å². The first-order chi connectivity index (χ1) is 7.25. The van der Waals surface area contributed by atoms with Crippen LogP contribution in [0.3, 0.4) is 0 Å². The van der Waals surface area contributed by atoms with Crippen molar-refractivity contribution in [2.75, 3.05) is 35.2 Å². The van der Waals surface area contributed by atoms with Gasteiger partial charge in [-0.15, -0.1) is 0 Å². The molecule has 1 aromatic heterocycles. The number of aromatic nitrogens is 2. The number of hydrogen-bond donors (Lipinski definition) is 1. The van der Waals surface area contributed by atoms with Crippen LogP contribution >= 0.6 is 23.4 Å². The van der Waals surface area contributed by atoms with Gasteiger partial charge in [-0.1, -0.05) is 11.6 Å². The highest BCUT2D eigenvalue weighted by molar-refractivity contribution is 7.99. The number of hydrogen-bond acceptors (Lipinski definition) is 5. The summed E-state index contributed by atoms with van der Waals surface area (Å²) >= 11 is 7.82. The highest BCUT2D eigenvalue weighted by atomic mass is 35.5. The number of nitrogens with zero attached hydrogens (tertiary/aromatic N) is 3. The first-order valence-corrected chi connectivity index (χ1v) is 6.42. The lowest BCUT2D eigenvalue weighted by molar-refractivity contribution is 0.800. The van der Waals surface area contributed by atoms with Gasteiger partial charge in [0.25, 0.3) is 0 Å². The topological polar surface area (TPSA) is 55.0 Å². The van der Waals surface area contributed by atoms with E-state index in [0.29, 0.717) is 5.15 Å². The summed E-state index contributed by atoms with van der Waals surface area (Å²) in [6.07, 6.45) is 1.17. The predicted octanol–water partition coefficient (Wildman–Crippen LogP) is 1.66. The average Bonchev–Trinajstić information content (AvgIpc) is 2.43. The molecule has 2 N–H and O–H groups in total. The predicted molar refractivity (Wildman–Crippen MR) is 65.6 cm³/mol. The molecule has 15 heavy (non-hydrogen) atoms. The zero-order valence-electron chi connectivity index (χ0n) is 8.32. The van der Waals surface area contributed by atoms with E-state index >= 15 is 0 Å². The van der Waals surface area contributed by atoms with Crippen molar-refractivity contribution < 1.29 is 0 Å². The van der Waals surface area contributed by atoms with Crippen molar-refractivity contribution in [1.82, 2.24) is 9.97 Å². The second-order valence-corrected chi connectivity index (χ2v) is 4.97. The van der Waals surface area contributed by atoms with Gasteiger partial charge >= 0.3 is 0 Å². The van der Waals surface area contributed by atoms with Crippen LogP contribution < -0.4 is 10.6 Å². The third-order valence-electron chi connectivity index (χ3n) is 2.24. The van der Waals surface area contributed by atoms with Crippen molar-refractivity contribution in [1.29, 1.82) is 0 Å². The molecule has 1 aromatic rings. The van der Waals surface area contributed by atoms with E-state index in [1.165, 1.54) is 12.2 Å². The molecule has 2 heterocycles. The third kappa shape index (κ3) is 2.89. The van der Waals surface area contributed by atoms with E-state index < -0.39 is 0 Å². The molecule has 0 bridgehead atoms. The quantitative estimate of drug-likeness (QED) is 0.762. The van der Waals surface area contributed by atoms with Gasteiger partial charge in [-0.25, -0.2) is 4.98 Å². The molecule has 2 rings (SSSR count). The highest BCUT2D eigenvalue weighted by Gasteiger charge is 2.12. The lowest BCUT2D eigenvalue weighted by atomic mass is 10.4. The van der Waals surface area contributed by atoms with Gasteiger partial charge in [-0.2, -0.15) is 16.7 Å². The van der Waals surface area contributed by atoms with Gasteiger partial charge in [0, 0.05) is 24.9 Å².